The highest BCUT2D eigenvalue weighted by Gasteiger charge is 2.35. The molecule has 0 unspecified atom stereocenters. The van der Waals surface area contributed by atoms with Crippen LogP contribution in [0.2, 0.25) is 0 Å². The van der Waals surface area contributed by atoms with E-state index in [2.05, 4.69) is 4.72 Å². The van der Waals surface area contributed by atoms with Gasteiger partial charge >= 0.3 is 0 Å². The number of furan rings is 1. The molecule has 8 heteroatoms. The Kier molecular flexibility index (Phi) is 4.93. The molecular weight excluding hydrogens is 366 g/mol. The maximum atomic E-state index is 12.5. The minimum absolute atomic E-state index is 0.172. The lowest BCUT2D eigenvalue weighted by Gasteiger charge is -2.26. The van der Waals surface area contributed by atoms with E-state index < -0.39 is 15.6 Å². The third-order valence-electron chi connectivity index (χ3n) is 3.70. The fourth-order valence-corrected chi connectivity index (χ4v) is 5.55. The lowest BCUT2D eigenvalue weighted by atomic mass is 9.95. The van der Waals surface area contributed by atoms with Crippen LogP contribution in [0.4, 0.5) is 0 Å². The minimum atomic E-state index is -3.68. The minimum Gasteiger partial charge on any atom is -0.472 e. The fourth-order valence-electron chi connectivity index (χ4n) is 2.31. The second-order valence-electron chi connectivity index (χ2n) is 5.25. The molecule has 3 heterocycles. The van der Waals surface area contributed by atoms with Crippen molar-refractivity contribution >= 4 is 32.7 Å². The molecule has 0 fully saturated rings. The summed E-state index contributed by atoms with van der Waals surface area (Å²) in [5.41, 5.74) is -0.966. The molecule has 0 radical (unpaired) electrons. The van der Waals surface area contributed by atoms with Gasteiger partial charge in [-0.25, -0.2) is 13.1 Å². The summed E-state index contributed by atoms with van der Waals surface area (Å²) in [5, 5.41) is 13.0. The molecule has 5 nitrogen and oxygen atoms in total. The monoisotopic (exact) mass is 383 g/mol. The zero-order chi connectivity index (χ0) is 17.2. The van der Waals surface area contributed by atoms with Crippen molar-refractivity contribution < 1.29 is 17.9 Å². The van der Waals surface area contributed by atoms with Gasteiger partial charge in [0, 0.05) is 21.9 Å². The molecule has 128 valence electrons. The number of aliphatic hydroxyl groups is 1. The number of hydrogen-bond acceptors (Lipinski definition) is 6. The first-order valence-electron chi connectivity index (χ1n) is 7.33. The Bertz CT molecular complexity index is 846. The third kappa shape index (κ3) is 3.33. The van der Waals surface area contributed by atoms with Crippen LogP contribution >= 0.6 is 22.7 Å². The van der Waals surface area contributed by atoms with Gasteiger partial charge in [0.05, 0.1) is 12.5 Å². The summed E-state index contributed by atoms with van der Waals surface area (Å²) in [4.78, 5) is 1.64. The largest absolute Gasteiger partial charge is 0.472 e. The van der Waals surface area contributed by atoms with Crippen molar-refractivity contribution in [3.05, 3.63) is 63.6 Å². The van der Waals surface area contributed by atoms with Crippen LogP contribution in [-0.2, 0) is 22.0 Å². The van der Waals surface area contributed by atoms with Crippen LogP contribution in [0.3, 0.4) is 0 Å². The first-order valence-corrected chi connectivity index (χ1v) is 10.5. The average Bonchev–Trinajstić information content (AvgIpc) is 3.34. The smallest absolute Gasteiger partial charge is 0.250 e. The highest BCUT2D eigenvalue weighted by molar-refractivity contribution is 7.91. The molecule has 0 saturated carbocycles. The van der Waals surface area contributed by atoms with Crippen LogP contribution < -0.4 is 4.72 Å². The van der Waals surface area contributed by atoms with E-state index >= 15 is 0 Å². The van der Waals surface area contributed by atoms with E-state index in [0.29, 0.717) is 10.4 Å². The van der Waals surface area contributed by atoms with Gasteiger partial charge in [0.15, 0.2) is 0 Å². The summed E-state index contributed by atoms with van der Waals surface area (Å²) in [6, 6.07) is 8.61. The first-order chi connectivity index (χ1) is 11.5. The van der Waals surface area contributed by atoms with Gasteiger partial charge in [-0.1, -0.05) is 13.0 Å². The first kappa shape index (κ1) is 17.4. The van der Waals surface area contributed by atoms with Crippen molar-refractivity contribution in [3.8, 4) is 0 Å². The fraction of sp³-hybridized carbons (Fsp3) is 0.250. The van der Waals surface area contributed by atoms with Crippen LogP contribution in [0.1, 0.15) is 22.2 Å². The summed E-state index contributed by atoms with van der Waals surface area (Å²) in [5.74, 6) is 0. The Hall–Kier alpha value is -1.45. The van der Waals surface area contributed by atoms with Crippen molar-refractivity contribution in [3.63, 3.8) is 0 Å². The number of thiophene rings is 2. The Morgan fingerprint density at radius 3 is 2.71 bits per heavy atom. The average molecular weight is 384 g/mol. The SMILES string of the molecule is CCc1ccc(S(=O)(=O)NC[C@@](O)(c2ccoc2)c2cccs2)s1. The van der Waals surface area contributed by atoms with Gasteiger partial charge in [0.1, 0.15) is 9.81 Å². The van der Waals surface area contributed by atoms with E-state index in [1.165, 1.54) is 35.2 Å². The summed E-state index contributed by atoms with van der Waals surface area (Å²) in [6.07, 6.45) is 3.66. The molecule has 0 aliphatic carbocycles. The lowest BCUT2D eigenvalue weighted by molar-refractivity contribution is 0.0892. The molecule has 1 atom stereocenters. The molecule has 0 aliphatic rings. The molecule has 2 N–H and O–H groups in total. The summed E-state index contributed by atoms with van der Waals surface area (Å²) in [7, 11) is -3.68. The van der Waals surface area contributed by atoms with Crippen LogP contribution in [0.15, 0.2) is 56.9 Å². The van der Waals surface area contributed by atoms with Crippen molar-refractivity contribution in [2.45, 2.75) is 23.2 Å². The van der Waals surface area contributed by atoms with E-state index in [-0.39, 0.29) is 10.8 Å². The van der Waals surface area contributed by atoms with Gasteiger partial charge in [-0.15, -0.1) is 22.7 Å². The molecule has 0 bridgehead atoms. The normalized spacial score (nSPS) is 14.6. The molecule has 0 aromatic carbocycles. The highest BCUT2D eigenvalue weighted by atomic mass is 32.2. The third-order valence-corrected chi connectivity index (χ3v) is 7.84. The summed E-state index contributed by atoms with van der Waals surface area (Å²) < 4.78 is 32.9. The zero-order valence-corrected chi connectivity index (χ0v) is 15.4. The van der Waals surface area contributed by atoms with Crippen LogP contribution in [0.25, 0.3) is 0 Å². The second-order valence-corrected chi connectivity index (χ2v) is 9.36. The maximum Gasteiger partial charge on any atom is 0.250 e. The number of rotatable bonds is 7. The van der Waals surface area contributed by atoms with Crippen molar-refractivity contribution in [1.29, 1.82) is 0 Å². The number of nitrogens with one attached hydrogen (secondary N) is 1. The van der Waals surface area contributed by atoms with Crippen molar-refractivity contribution in [2.75, 3.05) is 6.54 Å². The molecule has 24 heavy (non-hydrogen) atoms. The molecule has 0 saturated heterocycles. The second kappa shape index (κ2) is 6.81. The van der Waals surface area contributed by atoms with Crippen LogP contribution in [-0.4, -0.2) is 20.1 Å². The predicted octanol–water partition coefficient (Wildman–Crippen LogP) is 3.18. The van der Waals surface area contributed by atoms with Gasteiger partial charge in [-0.2, -0.15) is 0 Å². The Labute approximate surface area is 148 Å². The molecular formula is C16H17NO4S3. The van der Waals surface area contributed by atoms with Crippen molar-refractivity contribution in [2.24, 2.45) is 0 Å². The Morgan fingerprint density at radius 1 is 1.29 bits per heavy atom. The number of aryl methyl sites for hydroxylation is 1. The quantitative estimate of drug-likeness (QED) is 0.657. The molecule has 3 rings (SSSR count). The molecule has 3 aromatic heterocycles. The Morgan fingerprint density at radius 2 is 2.12 bits per heavy atom. The van der Waals surface area contributed by atoms with E-state index in [4.69, 9.17) is 4.42 Å². The lowest BCUT2D eigenvalue weighted by Crippen LogP contribution is -2.40. The zero-order valence-electron chi connectivity index (χ0n) is 12.9. The maximum absolute atomic E-state index is 12.5. The molecule has 0 amide bonds. The summed E-state index contributed by atoms with van der Waals surface area (Å²) >= 11 is 2.60. The number of hydrogen-bond donors (Lipinski definition) is 2. The van der Waals surface area contributed by atoms with Gasteiger partial charge in [-0.05, 0) is 36.1 Å². The summed E-state index contributed by atoms with van der Waals surface area (Å²) in [6.45, 7) is 1.80. The van der Waals surface area contributed by atoms with Crippen molar-refractivity contribution in [1.82, 2.24) is 4.72 Å². The van der Waals surface area contributed by atoms with Gasteiger partial charge in [0.2, 0.25) is 10.0 Å². The van der Waals surface area contributed by atoms with E-state index in [1.807, 2.05) is 18.4 Å². The number of sulfonamides is 1. The highest BCUT2D eigenvalue weighted by Crippen LogP contribution is 2.33. The predicted molar refractivity (Wildman–Crippen MR) is 94.9 cm³/mol. The molecule has 0 aliphatic heterocycles. The van der Waals surface area contributed by atoms with E-state index in [0.717, 1.165) is 11.3 Å². The molecule has 3 aromatic rings. The molecule has 0 spiro atoms. The van der Waals surface area contributed by atoms with Gasteiger partial charge < -0.3 is 9.52 Å². The topological polar surface area (TPSA) is 79.5 Å². The standard InChI is InChI=1S/C16H17NO4S3/c1-2-13-5-6-15(23-13)24(19,20)17-11-16(18,12-7-8-21-10-12)14-4-3-9-22-14/h3-10,17-18H,2,11H2,1H3/t16-/m1/s1. The Balaban J connectivity index is 1.87. The van der Waals surface area contributed by atoms with E-state index in [9.17, 15) is 13.5 Å². The van der Waals surface area contributed by atoms with Gasteiger partial charge in [0.25, 0.3) is 0 Å². The van der Waals surface area contributed by atoms with Crippen LogP contribution in [0.5, 0.6) is 0 Å². The van der Waals surface area contributed by atoms with Gasteiger partial charge in [-0.3, -0.25) is 0 Å². The van der Waals surface area contributed by atoms with Crippen LogP contribution in [0, 0.1) is 0 Å². The van der Waals surface area contributed by atoms with E-state index in [1.54, 1.807) is 24.3 Å².